The standard InChI is InChI=1S/C23H17FN4O3/c24-17-9-6-15-12-28(20(29)18(15)11-17)13-23(21(30)26-22(31)27-23)16-7-4-14(5-8-16)19-3-1-2-10-25-19/h1-11H,12-13H2,(H2,26,27,30,31). The van der Waals surface area contributed by atoms with Gasteiger partial charge in [0.2, 0.25) is 0 Å². The summed E-state index contributed by atoms with van der Waals surface area (Å²) in [6.45, 7) is 0.147. The molecule has 0 saturated carbocycles. The molecule has 1 unspecified atom stereocenters. The molecule has 4 amide bonds. The highest BCUT2D eigenvalue weighted by Crippen LogP contribution is 2.32. The topological polar surface area (TPSA) is 91.4 Å². The minimum absolute atomic E-state index is 0.0807. The average Bonchev–Trinajstić information content (AvgIpc) is 3.24. The number of amides is 4. The molecule has 5 rings (SSSR count). The summed E-state index contributed by atoms with van der Waals surface area (Å²) in [6.07, 6.45) is 1.69. The normalized spacial score (nSPS) is 19.9. The summed E-state index contributed by atoms with van der Waals surface area (Å²) >= 11 is 0. The first-order chi connectivity index (χ1) is 15.0. The third kappa shape index (κ3) is 3.13. The Labute approximate surface area is 176 Å². The zero-order valence-corrected chi connectivity index (χ0v) is 16.3. The van der Waals surface area contributed by atoms with Gasteiger partial charge in [-0.3, -0.25) is 19.9 Å². The van der Waals surface area contributed by atoms with Crippen molar-refractivity contribution in [2.75, 3.05) is 6.54 Å². The predicted octanol–water partition coefficient (Wildman–Crippen LogP) is 2.58. The van der Waals surface area contributed by atoms with Gasteiger partial charge in [-0.05, 0) is 35.4 Å². The molecule has 0 radical (unpaired) electrons. The highest BCUT2D eigenvalue weighted by Gasteiger charge is 2.50. The summed E-state index contributed by atoms with van der Waals surface area (Å²) in [5, 5.41) is 4.97. The first-order valence-electron chi connectivity index (χ1n) is 9.69. The molecular weight excluding hydrogens is 399 g/mol. The number of rotatable bonds is 4. The number of benzene rings is 2. The number of urea groups is 1. The molecule has 0 bridgehead atoms. The molecule has 1 aromatic heterocycles. The molecule has 3 aromatic rings. The number of fused-ring (bicyclic) bond motifs is 1. The van der Waals surface area contributed by atoms with E-state index in [9.17, 15) is 18.8 Å². The smallest absolute Gasteiger partial charge is 0.322 e. The number of nitrogens with one attached hydrogen (secondary N) is 2. The monoisotopic (exact) mass is 416 g/mol. The summed E-state index contributed by atoms with van der Waals surface area (Å²) in [4.78, 5) is 43.5. The van der Waals surface area contributed by atoms with Crippen molar-refractivity contribution in [1.82, 2.24) is 20.5 Å². The lowest BCUT2D eigenvalue weighted by molar-refractivity contribution is -0.124. The number of nitrogens with zero attached hydrogens (tertiary/aromatic N) is 2. The number of carbonyl (C=O) groups is 3. The summed E-state index contributed by atoms with van der Waals surface area (Å²) in [7, 11) is 0. The molecule has 2 N–H and O–H groups in total. The molecule has 31 heavy (non-hydrogen) atoms. The molecule has 154 valence electrons. The number of halogens is 1. The third-order valence-electron chi connectivity index (χ3n) is 5.66. The number of hydrogen-bond acceptors (Lipinski definition) is 4. The zero-order valence-electron chi connectivity index (χ0n) is 16.3. The van der Waals surface area contributed by atoms with E-state index in [0.717, 1.165) is 11.3 Å². The first kappa shape index (κ1) is 18.9. The van der Waals surface area contributed by atoms with E-state index >= 15 is 0 Å². The van der Waals surface area contributed by atoms with Crippen LogP contribution in [-0.2, 0) is 16.9 Å². The molecule has 2 aliphatic heterocycles. The number of carbonyl (C=O) groups excluding carboxylic acids is 3. The van der Waals surface area contributed by atoms with Gasteiger partial charge in [0.05, 0.1) is 12.2 Å². The van der Waals surface area contributed by atoms with Gasteiger partial charge >= 0.3 is 6.03 Å². The largest absolute Gasteiger partial charge is 0.331 e. The van der Waals surface area contributed by atoms with Crippen LogP contribution in [0.2, 0.25) is 0 Å². The van der Waals surface area contributed by atoms with Crippen molar-refractivity contribution in [2.45, 2.75) is 12.1 Å². The van der Waals surface area contributed by atoms with E-state index < -0.39 is 23.3 Å². The van der Waals surface area contributed by atoms with Crippen LogP contribution in [0.4, 0.5) is 9.18 Å². The minimum Gasteiger partial charge on any atom is -0.331 e. The molecule has 0 aliphatic carbocycles. The van der Waals surface area contributed by atoms with Crippen LogP contribution < -0.4 is 10.6 Å². The number of pyridine rings is 1. The number of hydrogen-bond donors (Lipinski definition) is 2. The second-order valence-corrected chi connectivity index (χ2v) is 7.57. The van der Waals surface area contributed by atoms with Crippen molar-refractivity contribution in [2.24, 2.45) is 0 Å². The van der Waals surface area contributed by atoms with Crippen molar-refractivity contribution >= 4 is 17.8 Å². The highest BCUT2D eigenvalue weighted by atomic mass is 19.1. The fraction of sp³-hybridized carbons (Fsp3) is 0.130. The van der Waals surface area contributed by atoms with Crippen LogP contribution in [0, 0.1) is 5.82 Å². The van der Waals surface area contributed by atoms with Gasteiger partial charge in [0.1, 0.15) is 5.82 Å². The van der Waals surface area contributed by atoms with Crippen molar-refractivity contribution < 1.29 is 18.8 Å². The van der Waals surface area contributed by atoms with E-state index in [-0.39, 0.29) is 24.6 Å². The van der Waals surface area contributed by atoms with Crippen LogP contribution in [-0.4, -0.2) is 34.3 Å². The van der Waals surface area contributed by atoms with Crippen molar-refractivity contribution in [3.8, 4) is 11.3 Å². The lowest BCUT2D eigenvalue weighted by Crippen LogP contribution is -2.52. The lowest BCUT2D eigenvalue weighted by Gasteiger charge is -2.31. The van der Waals surface area contributed by atoms with Crippen LogP contribution in [0.3, 0.4) is 0 Å². The van der Waals surface area contributed by atoms with Gasteiger partial charge in [-0.25, -0.2) is 9.18 Å². The van der Waals surface area contributed by atoms with Crippen LogP contribution in [0.1, 0.15) is 21.5 Å². The Balaban J connectivity index is 1.49. The molecule has 7 nitrogen and oxygen atoms in total. The first-order valence-corrected chi connectivity index (χ1v) is 9.69. The van der Waals surface area contributed by atoms with Crippen molar-refractivity contribution in [1.29, 1.82) is 0 Å². The minimum atomic E-state index is -1.45. The molecule has 0 spiro atoms. The van der Waals surface area contributed by atoms with Crippen LogP contribution in [0.25, 0.3) is 11.3 Å². The molecule has 2 aliphatic rings. The Bertz CT molecular complexity index is 1210. The molecule has 3 heterocycles. The average molecular weight is 416 g/mol. The zero-order chi connectivity index (χ0) is 21.6. The lowest BCUT2D eigenvalue weighted by atomic mass is 9.88. The van der Waals surface area contributed by atoms with Gasteiger partial charge < -0.3 is 10.2 Å². The maximum atomic E-state index is 13.6. The van der Waals surface area contributed by atoms with Crippen LogP contribution in [0.5, 0.6) is 0 Å². The van der Waals surface area contributed by atoms with E-state index in [1.807, 2.05) is 30.3 Å². The van der Waals surface area contributed by atoms with Gasteiger partial charge in [-0.2, -0.15) is 0 Å². The van der Waals surface area contributed by atoms with E-state index in [2.05, 4.69) is 15.6 Å². The van der Waals surface area contributed by atoms with Crippen LogP contribution in [0.15, 0.2) is 66.9 Å². The Morgan fingerprint density at radius 3 is 2.52 bits per heavy atom. The summed E-state index contributed by atoms with van der Waals surface area (Å²) in [5.74, 6) is -1.42. The molecular formula is C23H17FN4O3. The fourth-order valence-electron chi connectivity index (χ4n) is 4.10. The number of aromatic nitrogens is 1. The molecule has 8 heteroatoms. The van der Waals surface area contributed by atoms with E-state index in [1.54, 1.807) is 24.4 Å². The van der Waals surface area contributed by atoms with Gasteiger partial charge in [-0.1, -0.05) is 36.4 Å². The van der Waals surface area contributed by atoms with E-state index in [0.29, 0.717) is 11.1 Å². The highest BCUT2D eigenvalue weighted by molar-refractivity contribution is 6.08. The Morgan fingerprint density at radius 2 is 1.84 bits per heavy atom. The quantitative estimate of drug-likeness (QED) is 0.640. The number of imide groups is 1. The molecule has 1 fully saturated rings. The fourth-order valence-corrected chi connectivity index (χ4v) is 4.10. The van der Waals surface area contributed by atoms with Gasteiger partial charge in [0.25, 0.3) is 11.8 Å². The van der Waals surface area contributed by atoms with E-state index in [4.69, 9.17) is 0 Å². The Morgan fingerprint density at radius 1 is 1.03 bits per heavy atom. The van der Waals surface area contributed by atoms with Crippen molar-refractivity contribution in [3.63, 3.8) is 0 Å². The molecule has 1 saturated heterocycles. The second kappa shape index (κ2) is 7.02. The van der Waals surface area contributed by atoms with Gasteiger partial charge in [0, 0.05) is 23.9 Å². The van der Waals surface area contributed by atoms with Crippen molar-refractivity contribution in [3.05, 3.63) is 89.4 Å². The summed E-state index contributed by atoms with van der Waals surface area (Å²) in [5.41, 5.74) is 1.66. The maximum absolute atomic E-state index is 13.6. The second-order valence-electron chi connectivity index (χ2n) is 7.57. The van der Waals surface area contributed by atoms with Crippen LogP contribution >= 0.6 is 0 Å². The third-order valence-corrected chi connectivity index (χ3v) is 5.66. The predicted molar refractivity (Wildman–Crippen MR) is 109 cm³/mol. The van der Waals surface area contributed by atoms with Gasteiger partial charge in [-0.15, -0.1) is 0 Å². The Hall–Kier alpha value is -4.07. The SMILES string of the molecule is O=C1NC(=O)C(CN2Cc3ccc(F)cc3C2=O)(c2ccc(-c3ccccn3)cc2)N1. The molecule has 2 aromatic carbocycles. The molecule has 1 atom stereocenters. The Kier molecular flexibility index (Phi) is 4.28. The van der Waals surface area contributed by atoms with E-state index in [1.165, 1.54) is 17.0 Å². The van der Waals surface area contributed by atoms with Gasteiger partial charge in [0.15, 0.2) is 5.54 Å². The summed E-state index contributed by atoms with van der Waals surface area (Å²) < 4.78 is 13.6. The maximum Gasteiger partial charge on any atom is 0.322 e. The summed E-state index contributed by atoms with van der Waals surface area (Å²) in [6, 6.07) is 16.1.